The minimum Gasteiger partial charge on any atom is -0.387 e. The Morgan fingerprint density at radius 3 is 1.97 bits per heavy atom. The normalized spacial score (nSPS) is 16.5. The molecule has 7 nitrogen and oxygen atoms in total. The van der Waals surface area contributed by atoms with E-state index in [0.29, 0.717) is 11.0 Å². The van der Waals surface area contributed by atoms with Crippen LogP contribution >= 0.6 is 7.82 Å². The number of hydrogen-bond acceptors (Lipinski definition) is 5. The molecule has 3 atom stereocenters. The third-order valence-electron chi connectivity index (χ3n) is 5.19. The van der Waals surface area contributed by atoms with E-state index in [0.717, 1.165) is 12.8 Å². The second-order valence-corrected chi connectivity index (χ2v) is 11.0. The first-order valence-electron chi connectivity index (χ1n) is 12.1. The van der Waals surface area contributed by atoms with E-state index in [1.54, 1.807) is 6.08 Å². The van der Waals surface area contributed by atoms with E-state index in [2.05, 4.69) is 6.92 Å². The van der Waals surface area contributed by atoms with Crippen molar-refractivity contribution in [3.63, 3.8) is 0 Å². The lowest BCUT2D eigenvalue weighted by molar-refractivity contribution is -0.870. The Hall–Kier alpha value is -0.270. The Bertz CT molecular complexity index is 497. The van der Waals surface area contributed by atoms with Crippen LogP contribution in [-0.4, -0.2) is 67.5 Å². The van der Waals surface area contributed by atoms with Crippen molar-refractivity contribution in [2.75, 3.05) is 40.9 Å². The van der Waals surface area contributed by atoms with Gasteiger partial charge < -0.3 is 20.2 Å². The van der Waals surface area contributed by atoms with Gasteiger partial charge in [-0.3, -0.25) is 9.05 Å². The predicted molar refractivity (Wildman–Crippen MR) is 129 cm³/mol. The molecule has 0 saturated carbocycles. The SMILES string of the molecule is CCCCCCCCCCCCC/C=C/C(O)C(N)COP(=O)(O)OCC[N+](C)(C)C. The first-order valence-corrected chi connectivity index (χ1v) is 13.6. The minimum atomic E-state index is -4.16. The first kappa shape index (κ1) is 30.7. The van der Waals surface area contributed by atoms with E-state index in [-0.39, 0.29) is 13.2 Å². The molecular weight excluding hydrogens is 415 g/mol. The highest BCUT2D eigenvalue weighted by Gasteiger charge is 2.25. The average Bonchev–Trinajstić information content (AvgIpc) is 2.68. The Labute approximate surface area is 191 Å². The highest BCUT2D eigenvalue weighted by atomic mass is 31.2. The van der Waals surface area contributed by atoms with Gasteiger partial charge >= 0.3 is 7.82 Å². The zero-order valence-corrected chi connectivity index (χ0v) is 21.4. The summed E-state index contributed by atoms with van der Waals surface area (Å²) in [5.74, 6) is 0. The van der Waals surface area contributed by atoms with Gasteiger partial charge in [0.2, 0.25) is 0 Å². The number of aliphatic hydroxyl groups is 1. The monoisotopic (exact) mass is 465 g/mol. The van der Waals surface area contributed by atoms with Gasteiger partial charge in [0, 0.05) is 0 Å². The van der Waals surface area contributed by atoms with Gasteiger partial charge in [-0.25, -0.2) is 4.57 Å². The van der Waals surface area contributed by atoms with E-state index in [1.165, 1.54) is 64.2 Å². The third kappa shape index (κ3) is 21.3. The first-order chi connectivity index (χ1) is 14.6. The van der Waals surface area contributed by atoms with Crippen molar-refractivity contribution in [2.24, 2.45) is 5.73 Å². The topological polar surface area (TPSA) is 102 Å². The van der Waals surface area contributed by atoms with Crippen LogP contribution in [0.25, 0.3) is 0 Å². The summed E-state index contributed by atoms with van der Waals surface area (Å²) in [5, 5.41) is 10.1. The van der Waals surface area contributed by atoms with Gasteiger partial charge in [0.25, 0.3) is 0 Å². The van der Waals surface area contributed by atoms with E-state index in [4.69, 9.17) is 14.8 Å². The minimum absolute atomic E-state index is 0.105. The standard InChI is InChI=1S/C23H49N2O5P/c1-5-6-7-8-9-10-11-12-13-14-15-16-17-18-23(26)22(24)21-30-31(27,28)29-20-19-25(2,3)4/h17-18,22-23,26H,5-16,19-21,24H2,1-4H3/p+1/b18-17+. The van der Waals surface area contributed by atoms with Crippen LogP contribution in [0.3, 0.4) is 0 Å². The molecule has 0 aliphatic carbocycles. The summed E-state index contributed by atoms with van der Waals surface area (Å²) in [6.45, 7) is 2.68. The fourth-order valence-corrected chi connectivity index (χ4v) is 3.80. The number of likely N-dealkylation sites (N-methyl/N-ethyl adjacent to an activating group) is 1. The molecule has 4 N–H and O–H groups in total. The molecule has 0 radical (unpaired) electrons. The predicted octanol–water partition coefficient (Wildman–Crippen LogP) is 4.77. The lowest BCUT2D eigenvalue weighted by Gasteiger charge is -2.24. The Balaban J connectivity index is 3.74. The summed E-state index contributed by atoms with van der Waals surface area (Å²) in [7, 11) is 1.72. The molecule has 3 unspecified atom stereocenters. The second-order valence-electron chi connectivity index (χ2n) is 9.52. The van der Waals surface area contributed by atoms with Gasteiger partial charge in [-0.1, -0.05) is 83.3 Å². The van der Waals surface area contributed by atoms with Crippen LogP contribution in [0.15, 0.2) is 12.2 Å². The number of nitrogens with two attached hydrogens (primary N) is 1. The zero-order chi connectivity index (χ0) is 23.6. The van der Waals surface area contributed by atoms with Crippen LogP contribution in [0.5, 0.6) is 0 Å². The molecular formula is C23H50N2O5P+. The van der Waals surface area contributed by atoms with Crippen LogP contribution < -0.4 is 5.73 Å². The molecule has 0 amide bonds. The number of phosphoric ester groups is 1. The van der Waals surface area contributed by atoms with Crippen molar-refractivity contribution in [2.45, 2.75) is 96.1 Å². The van der Waals surface area contributed by atoms with Crippen LogP contribution in [0.2, 0.25) is 0 Å². The number of aliphatic hydroxyl groups excluding tert-OH is 1. The molecule has 0 saturated heterocycles. The summed E-state index contributed by atoms with van der Waals surface area (Å²) >= 11 is 0. The molecule has 0 spiro atoms. The smallest absolute Gasteiger partial charge is 0.387 e. The van der Waals surface area contributed by atoms with Crippen molar-refractivity contribution < 1.29 is 28.1 Å². The number of phosphoric acid groups is 1. The van der Waals surface area contributed by atoms with Gasteiger partial charge in [-0.05, 0) is 12.8 Å². The Morgan fingerprint density at radius 1 is 0.935 bits per heavy atom. The van der Waals surface area contributed by atoms with Crippen LogP contribution in [0.1, 0.15) is 84.0 Å². The summed E-state index contributed by atoms with van der Waals surface area (Å²) in [6, 6.07) is -0.781. The van der Waals surface area contributed by atoms with Gasteiger partial charge in [0.1, 0.15) is 13.2 Å². The maximum atomic E-state index is 11.9. The van der Waals surface area contributed by atoms with Gasteiger partial charge in [-0.15, -0.1) is 0 Å². The van der Waals surface area contributed by atoms with E-state index >= 15 is 0 Å². The van der Waals surface area contributed by atoms with Gasteiger partial charge in [-0.2, -0.15) is 0 Å². The quantitative estimate of drug-likeness (QED) is 0.0977. The van der Waals surface area contributed by atoms with Crippen LogP contribution in [0.4, 0.5) is 0 Å². The summed E-state index contributed by atoms with van der Waals surface area (Å²) in [6.07, 6.45) is 17.9. The molecule has 0 fully saturated rings. The summed E-state index contributed by atoms with van der Waals surface area (Å²) in [5.41, 5.74) is 5.85. The maximum Gasteiger partial charge on any atom is 0.472 e. The average molecular weight is 466 g/mol. The molecule has 0 aromatic carbocycles. The number of allylic oxidation sites excluding steroid dienone is 1. The molecule has 186 valence electrons. The maximum absolute atomic E-state index is 11.9. The van der Waals surface area contributed by atoms with Crippen molar-refractivity contribution in [3.8, 4) is 0 Å². The highest BCUT2D eigenvalue weighted by Crippen LogP contribution is 2.43. The lowest BCUT2D eigenvalue weighted by Crippen LogP contribution is -2.38. The van der Waals surface area contributed by atoms with Gasteiger partial charge in [0.15, 0.2) is 0 Å². The molecule has 0 rings (SSSR count). The summed E-state index contributed by atoms with van der Waals surface area (Å²) in [4.78, 5) is 9.69. The number of nitrogens with zero attached hydrogens (tertiary/aromatic N) is 1. The van der Waals surface area contributed by atoms with E-state index in [1.807, 2.05) is 27.2 Å². The molecule has 0 aliphatic heterocycles. The van der Waals surface area contributed by atoms with Gasteiger partial charge in [0.05, 0.1) is 39.9 Å². The molecule has 0 aromatic heterocycles. The zero-order valence-electron chi connectivity index (χ0n) is 20.5. The molecule has 8 heteroatoms. The highest BCUT2D eigenvalue weighted by molar-refractivity contribution is 7.47. The number of unbranched alkanes of at least 4 members (excludes halogenated alkanes) is 11. The van der Waals surface area contributed by atoms with Crippen LogP contribution in [0, 0.1) is 0 Å². The molecule has 31 heavy (non-hydrogen) atoms. The molecule has 0 heterocycles. The van der Waals surface area contributed by atoms with E-state index in [9.17, 15) is 14.6 Å². The van der Waals surface area contributed by atoms with E-state index < -0.39 is 20.0 Å². The van der Waals surface area contributed by atoms with Crippen molar-refractivity contribution in [3.05, 3.63) is 12.2 Å². The lowest BCUT2D eigenvalue weighted by atomic mass is 10.0. The van der Waals surface area contributed by atoms with Crippen LogP contribution in [-0.2, 0) is 13.6 Å². The largest absolute Gasteiger partial charge is 0.472 e. The second kappa shape index (κ2) is 18.2. The Morgan fingerprint density at radius 2 is 1.45 bits per heavy atom. The summed E-state index contributed by atoms with van der Waals surface area (Å²) < 4.78 is 22.3. The Kier molecular flexibility index (Phi) is 18.0. The number of rotatable bonds is 21. The fourth-order valence-electron chi connectivity index (χ4n) is 3.05. The fraction of sp³-hybridized carbons (Fsp3) is 0.913. The molecule has 0 aromatic rings. The molecule has 0 aliphatic rings. The third-order valence-corrected chi connectivity index (χ3v) is 6.18. The molecule has 0 bridgehead atoms. The van der Waals surface area contributed by atoms with Crippen molar-refractivity contribution in [1.82, 2.24) is 0 Å². The van der Waals surface area contributed by atoms with Crippen molar-refractivity contribution >= 4 is 7.82 Å². The number of hydrogen-bond donors (Lipinski definition) is 3. The number of quaternary nitrogens is 1. The van der Waals surface area contributed by atoms with Crippen molar-refractivity contribution in [1.29, 1.82) is 0 Å².